The third-order valence-corrected chi connectivity index (χ3v) is 7.23. The van der Waals surface area contributed by atoms with E-state index in [2.05, 4.69) is 33.0 Å². The SMILES string of the molecule is CCCOc1ccc(CN2C(=O)c3cc(C(C)(C)C)nn3CC2(C)C(=O)NC2CCCCC2)cc1. The average molecular weight is 481 g/mol. The first-order chi connectivity index (χ1) is 16.6. The second kappa shape index (κ2) is 10.0. The maximum Gasteiger partial charge on any atom is 0.273 e. The molecule has 0 bridgehead atoms. The van der Waals surface area contributed by atoms with Crippen LogP contribution in [0.15, 0.2) is 30.3 Å². The molecule has 1 fully saturated rings. The van der Waals surface area contributed by atoms with Crippen LogP contribution in [0.4, 0.5) is 0 Å². The predicted octanol–water partition coefficient (Wildman–Crippen LogP) is 4.83. The van der Waals surface area contributed by atoms with E-state index in [4.69, 9.17) is 9.84 Å². The number of rotatable bonds is 7. The van der Waals surface area contributed by atoms with E-state index < -0.39 is 5.54 Å². The molecule has 190 valence electrons. The molecule has 1 aliphatic heterocycles. The van der Waals surface area contributed by atoms with Gasteiger partial charge in [-0.15, -0.1) is 0 Å². The van der Waals surface area contributed by atoms with E-state index in [1.54, 1.807) is 9.58 Å². The first-order valence-corrected chi connectivity index (χ1v) is 13.0. The summed E-state index contributed by atoms with van der Waals surface area (Å²) >= 11 is 0. The number of hydrogen-bond acceptors (Lipinski definition) is 4. The van der Waals surface area contributed by atoms with E-state index in [9.17, 15) is 9.59 Å². The van der Waals surface area contributed by atoms with Crippen LogP contribution in [0.2, 0.25) is 0 Å². The second-order valence-corrected chi connectivity index (χ2v) is 11.3. The molecule has 1 saturated carbocycles. The zero-order valence-corrected chi connectivity index (χ0v) is 21.9. The topological polar surface area (TPSA) is 76.5 Å². The first kappa shape index (κ1) is 25.3. The number of amides is 2. The molecule has 35 heavy (non-hydrogen) atoms. The molecule has 1 aromatic carbocycles. The molecule has 4 rings (SSSR count). The number of benzene rings is 1. The molecule has 2 heterocycles. The molecule has 2 aromatic rings. The minimum atomic E-state index is -1.04. The standard InChI is InChI=1S/C28H40N4O3/c1-6-16-35-22-14-12-20(13-15-22)18-31-25(33)23-17-24(27(2,3)4)30-32(23)19-28(31,5)26(34)29-21-10-8-7-9-11-21/h12-15,17,21H,6-11,16,18-19H2,1-5H3,(H,29,34). The van der Waals surface area contributed by atoms with Gasteiger partial charge in [0.05, 0.1) is 18.8 Å². The quantitative estimate of drug-likeness (QED) is 0.616. The number of nitrogens with zero attached hydrogens (tertiary/aromatic N) is 3. The van der Waals surface area contributed by atoms with Gasteiger partial charge in [0.2, 0.25) is 5.91 Å². The van der Waals surface area contributed by atoms with Crippen molar-refractivity contribution in [3.05, 3.63) is 47.3 Å². The van der Waals surface area contributed by atoms with Crippen LogP contribution in [0.25, 0.3) is 0 Å². The van der Waals surface area contributed by atoms with Crippen molar-refractivity contribution < 1.29 is 14.3 Å². The summed E-state index contributed by atoms with van der Waals surface area (Å²) in [5.74, 6) is 0.553. The summed E-state index contributed by atoms with van der Waals surface area (Å²) in [7, 11) is 0. The Morgan fingerprint density at radius 2 is 1.86 bits per heavy atom. The smallest absolute Gasteiger partial charge is 0.273 e. The highest BCUT2D eigenvalue weighted by Crippen LogP contribution is 2.32. The molecule has 2 aliphatic rings. The molecule has 1 aliphatic carbocycles. The van der Waals surface area contributed by atoms with Crippen LogP contribution < -0.4 is 10.1 Å². The third kappa shape index (κ3) is 5.39. The molecular formula is C28H40N4O3. The Labute approximate surface area is 209 Å². The summed E-state index contributed by atoms with van der Waals surface area (Å²) in [6.45, 7) is 11.6. The fourth-order valence-corrected chi connectivity index (χ4v) is 4.94. The van der Waals surface area contributed by atoms with E-state index >= 15 is 0 Å². The summed E-state index contributed by atoms with van der Waals surface area (Å²) in [4.78, 5) is 29.3. The van der Waals surface area contributed by atoms with Gasteiger partial charge in [-0.25, -0.2) is 0 Å². The Balaban J connectivity index is 1.64. The molecule has 0 radical (unpaired) electrons. The van der Waals surface area contributed by atoms with Crippen LogP contribution in [0.3, 0.4) is 0 Å². The molecule has 1 aromatic heterocycles. The van der Waals surface area contributed by atoms with E-state index in [1.807, 2.05) is 37.3 Å². The van der Waals surface area contributed by atoms with Gasteiger partial charge in [0.15, 0.2) is 0 Å². The van der Waals surface area contributed by atoms with Crippen LogP contribution in [0.5, 0.6) is 5.75 Å². The van der Waals surface area contributed by atoms with Crippen LogP contribution in [0, 0.1) is 0 Å². The highest BCUT2D eigenvalue weighted by Gasteiger charge is 2.48. The minimum Gasteiger partial charge on any atom is -0.494 e. The summed E-state index contributed by atoms with van der Waals surface area (Å²) < 4.78 is 7.45. The monoisotopic (exact) mass is 480 g/mol. The van der Waals surface area contributed by atoms with Crippen LogP contribution in [-0.2, 0) is 23.3 Å². The van der Waals surface area contributed by atoms with Gasteiger partial charge < -0.3 is 15.0 Å². The normalized spacial score (nSPS) is 21.1. The van der Waals surface area contributed by atoms with E-state index in [1.165, 1.54) is 6.42 Å². The number of nitrogens with one attached hydrogen (secondary N) is 1. The van der Waals surface area contributed by atoms with Crippen molar-refractivity contribution in [2.24, 2.45) is 0 Å². The molecule has 1 unspecified atom stereocenters. The van der Waals surface area contributed by atoms with Crippen LogP contribution in [-0.4, -0.2) is 44.7 Å². The van der Waals surface area contributed by atoms with Gasteiger partial charge in [0.25, 0.3) is 5.91 Å². The Morgan fingerprint density at radius 1 is 1.17 bits per heavy atom. The van der Waals surface area contributed by atoms with Gasteiger partial charge in [0.1, 0.15) is 17.0 Å². The lowest BCUT2D eigenvalue weighted by molar-refractivity contribution is -0.134. The largest absolute Gasteiger partial charge is 0.494 e. The molecule has 1 N–H and O–H groups in total. The number of carbonyl (C=O) groups is 2. The zero-order chi connectivity index (χ0) is 25.2. The van der Waals surface area contributed by atoms with Gasteiger partial charge in [-0.3, -0.25) is 14.3 Å². The fourth-order valence-electron chi connectivity index (χ4n) is 4.94. The molecule has 7 heteroatoms. The van der Waals surface area contributed by atoms with Crippen LogP contribution >= 0.6 is 0 Å². The maximum atomic E-state index is 13.8. The summed E-state index contributed by atoms with van der Waals surface area (Å²) in [5, 5.41) is 8.02. The Bertz CT molecular complexity index is 1050. The van der Waals surface area contributed by atoms with E-state index in [-0.39, 0.29) is 23.3 Å². The van der Waals surface area contributed by atoms with Gasteiger partial charge in [-0.2, -0.15) is 5.10 Å². The molecule has 0 spiro atoms. The number of aromatic nitrogens is 2. The van der Waals surface area contributed by atoms with Crippen molar-refractivity contribution in [2.45, 2.75) is 103 Å². The summed E-state index contributed by atoms with van der Waals surface area (Å²) in [5.41, 5.74) is 1.13. The number of fused-ring (bicyclic) bond motifs is 1. The Kier molecular flexibility index (Phi) is 7.25. The van der Waals surface area contributed by atoms with Crippen molar-refractivity contribution >= 4 is 11.8 Å². The van der Waals surface area contributed by atoms with E-state index in [0.29, 0.717) is 25.4 Å². The predicted molar refractivity (Wildman–Crippen MR) is 136 cm³/mol. The van der Waals surface area contributed by atoms with Gasteiger partial charge >= 0.3 is 0 Å². The first-order valence-electron chi connectivity index (χ1n) is 13.0. The van der Waals surface area contributed by atoms with Gasteiger partial charge in [-0.1, -0.05) is 59.1 Å². The van der Waals surface area contributed by atoms with Crippen molar-refractivity contribution in [1.82, 2.24) is 20.0 Å². The summed E-state index contributed by atoms with van der Waals surface area (Å²) in [6.07, 6.45) is 6.43. The maximum absolute atomic E-state index is 13.8. The lowest BCUT2D eigenvalue weighted by atomic mass is 9.90. The fraction of sp³-hybridized carbons (Fsp3) is 0.607. The highest BCUT2D eigenvalue weighted by atomic mass is 16.5. The molecule has 0 saturated heterocycles. The van der Waals surface area contributed by atoms with Gasteiger partial charge in [-0.05, 0) is 49.9 Å². The van der Waals surface area contributed by atoms with E-state index in [0.717, 1.165) is 49.1 Å². The van der Waals surface area contributed by atoms with Crippen LogP contribution in [0.1, 0.15) is 94.9 Å². The van der Waals surface area contributed by atoms with Crippen molar-refractivity contribution in [1.29, 1.82) is 0 Å². The molecular weight excluding hydrogens is 440 g/mol. The lowest BCUT2D eigenvalue weighted by Gasteiger charge is -2.44. The number of hydrogen-bond donors (Lipinski definition) is 1. The minimum absolute atomic E-state index is 0.0980. The average Bonchev–Trinajstić information content (AvgIpc) is 3.26. The van der Waals surface area contributed by atoms with Crippen molar-refractivity contribution in [2.75, 3.05) is 6.61 Å². The van der Waals surface area contributed by atoms with Gasteiger partial charge in [0, 0.05) is 18.0 Å². The summed E-state index contributed by atoms with van der Waals surface area (Å²) in [6, 6.07) is 9.87. The number of ether oxygens (including phenoxy) is 1. The second-order valence-electron chi connectivity index (χ2n) is 11.3. The molecule has 1 atom stereocenters. The van der Waals surface area contributed by atoms with Crippen molar-refractivity contribution in [3.8, 4) is 5.75 Å². The Hall–Kier alpha value is -2.83. The lowest BCUT2D eigenvalue weighted by Crippen LogP contribution is -2.64. The van der Waals surface area contributed by atoms with Crippen molar-refractivity contribution in [3.63, 3.8) is 0 Å². The molecule has 2 amide bonds. The Morgan fingerprint density at radius 3 is 2.49 bits per heavy atom. The third-order valence-electron chi connectivity index (χ3n) is 7.23. The number of carbonyl (C=O) groups excluding carboxylic acids is 2. The zero-order valence-electron chi connectivity index (χ0n) is 21.9. The molecule has 7 nitrogen and oxygen atoms in total. The highest BCUT2D eigenvalue weighted by molar-refractivity contribution is 5.99.